The van der Waals surface area contributed by atoms with E-state index in [2.05, 4.69) is 15.9 Å². The molecule has 62 valence electrons. The number of carbonyl (C=O) groups excluding carboxylic acids is 1. The Labute approximate surface area is 78.0 Å². The largest absolute Gasteiger partial charge is 0.299 e. The summed E-state index contributed by atoms with van der Waals surface area (Å²) in [6, 6.07) is 4.29. The molecule has 0 radical (unpaired) electrons. The van der Waals surface area contributed by atoms with Gasteiger partial charge in [0.25, 0.3) is 0 Å². The van der Waals surface area contributed by atoms with Crippen molar-refractivity contribution in [2.75, 3.05) is 0 Å². The van der Waals surface area contributed by atoms with Crippen LogP contribution in [0.5, 0.6) is 0 Å². The second-order valence-electron chi connectivity index (χ2n) is 2.16. The van der Waals surface area contributed by atoms with Gasteiger partial charge < -0.3 is 0 Å². The zero-order chi connectivity index (χ0) is 8.97. The smallest absolute Gasteiger partial charge is 0.142 e. The third-order valence-corrected chi connectivity index (χ3v) is 2.00. The van der Waals surface area contributed by atoms with Gasteiger partial charge in [0.05, 0.1) is 0 Å². The Bertz CT molecular complexity index is 320. The highest BCUT2D eigenvalue weighted by Crippen LogP contribution is 2.18. The second-order valence-corrected chi connectivity index (χ2v) is 3.02. The molecule has 0 saturated heterocycles. The summed E-state index contributed by atoms with van der Waals surface area (Å²) in [6.07, 6.45) is 3.64. The molecule has 0 spiro atoms. The third kappa shape index (κ3) is 2.27. The fourth-order valence-electron chi connectivity index (χ4n) is 0.780. The lowest BCUT2D eigenvalue weighted by Crippen LogP contribution is -1.78. The number of rotatable bonds is 2. The van der Waals surface area contributed by atoms with Crippen LogP contribution >= 0.6 is 15.9 Å². The molecule has 0 atom stereocenters. The number of hydrogen-bond donors (Lipinski definition) is 0. The van der Waals surface area contributed by atoms with Crippen LogP contribution in [0.4, 0.5) is 4.39 Å². The molecular weight excluding hydrogens is 223 g/mol. The van der Waals surface area contributed by atoms with Crippen molar-refractivity contribution in [3.63, 3.8) is 0 Å². The van der Waals surface area contributed by atoms with Gasteiger partial charge >= 0.3 is 0 Å². The lowest BCUT2D eigenvalue weighted by molar-refractivity contribution is -0.104. The Hall–Kier alpha value is -0.960. The van der Waals surface area contributed by atoms with Crippen LogP contribution in [0.15, 0.2) is 28.7 Å². The number of allylic oxidation sites excluding steroid dienone is 1. The molecule has 0 unspecified atom stereocenters. The van der Waals surface area contributed by atoms with E-state index in [1.54, 1.807) is 12.1 Å². The summed E-state index contributed by atoms with van der Waals surface area (Å²) in [5.41, 5.74) is 0.781. The molecule has 1 aromatic rings. The lowest BCUT2D eigenvalue weighted by atomic mass is 10.2. The first kappa shape index (κ1) is 9.13. The van der Waals surface area contributed by atoms with Crippen LogP contribution < -0.4 is 0 Å². The van der Waals surface area contributed by atoms with E-state index in [-0.39, 0.29) is 5.82 Å². The van der Waals surface area contributed by atoms with Crippen LogP contribution in [0.3, 0.4) is 0 Å². The van der Waals surface area contributed by atoms with E-state index in [1.165, 1.54) is 18.2 Å². The van der Waals surface area contributed by atoms with Crippen LogP contribution in [-0.2, 0) is 4.79 Å². The Kier molecular flexibility index (Phi) is 3.17. The molecule has 1 rings (SSSR count). The van der Waals surface area contributed by atoms with Gasteiger partial charge in [0, 0.05) is 4.47 Å². The summed E-state index contributed by atoms with van der Waals surface area (Å²) in [7, 11) is 0. The summed E-state index contributed by atoms with van der Waals surface area (Å²) >= 11 is 3.17. The molecule has 0 aliphatic carbocycles. The summed E-state index contributed by atoms with van der Waals surface area (Å²) in [5.74, 6) is -0.301. The maximum atomic E-state index is 12.5. The van der Waals surface area contributed by atoms with Crippen molar-refractivity contribution >= 4 is 28.3 Å². The van der Waals surface area contributed by atoms with Gasteiger partial charge in [-0.1, -0.05) is 28.1 Å². The SMILES string of the molecule is O=C/C=C/c1ccc(F)cc1Br. The molecule has 0 N–H and O–H groups in total. The first-order chi connectivity index (χ1) is 5.74. The average Bonchev–Trinajstić information content (AvgIpc) is 2.03. The molecular formula is C9H6BrFO. The van der Waals surface area contributed by atoms with Gasteiger partial charge in [-0.3, -0.25) is 4.79 Å². The van der Waals surface area contributed by atoms with Crippen molar-refractivity contribution in [1.82, 2.24) is 0 Å². The molecule has 3 heteroatoms. The zero-order valence-electron chi connectivity index (χ0n) is 6.13. The summed E-state index contributed by atoms with van der Waals surface area (Å²) in [5, 5.41) is 0. The van der Waals surface area contributed by atoms with Gasteiger partial charge in [-0.2, -0.15) is 0 Å². The van der Waals surface area contributed by atoms with E-state index in [0.717, 1.165) is 5.56 Å². The topological polar surface area (TPSA) is 17.1 Å². The van der Waals surface area contributed by atoms with Crippen molar-refractivity contribution in [2.24, 2.45) is 0 Å². The molecule has 0 bridgehead atoms. The summed E-state index contributed by atoms with van der Waals surface area (Å²) < 4.78 is 13.2. The van der Waals surface area contributed by atoms with E-state index < -0.39 is 0 Å². The Morgan fingerprint density at radius 2 is 2.17 bits per heavy atom. The summed E-state index contributed by atoms with van der Waals surface area (Å²) in [6.45, 7) is 0. The molecule has 0 amide bonds. The quantitative estimate of drug-likeness (QED) is 0.562. The second kappa shape index (κ2) is 4.16. The van der Waals surface area contributed by atoms with Crippen molar-refractivity contribution in [2.45, 2.75) is 0 Å². The van der Waals surface area contributed by atoms with E-state index in [4.69, 9.17) is 0 Å². The molecule has 1 nitrogen and oxygen atoms in total. The van der Waals surface area contributed by atoms with Gasteiger partial charge in [-0.05, 0) is 23.8 Å². The minimum Gasteiger partial charge on any atom is -0.299 e. The molecule has 1 aromatic carbocycles. The van der Waals surface area contributed by atoms with E-state index >= 15 is 0 Å². The standard InChI is InChI=1S/C9H6BrFO/c10-9-6-8(11)4-3-7(9)2-1-5-12/h1-6H/b2-1+. The van der Waals surface area contributed by atoms with Gasteiger partial charge in [0.15, 0.2) is 0 Å². The Morgan fingerprint density at radius 3 is 2.75 bits per heavy atom. The first-order valence-corrected chi connectivity index (χ1v) is 4.10. The summed E-state index contributed by atoms with van der Waals surface area (Å²) in [4.78, 5) is 9.98. The van der Waals surface area contributed by atoms with Crippen LogP contribution in [0, 0.1) is 5.82 Å². The van der Waals surface area contributed by atoms with Crippen molar-refractivity contribution in [1.29, 1.82) is 0 Å². The van der Waals surface area contributed by atoms with Crippen molar-refractivity contribution in [3.8, 4) is 0 Å². The minimum absolute atomic E-state index is 0.301. The Morgan fingerprint density at radius 1 is 1.42 bits per heavy atom. The molecule has 0 aromatic heterocycles. The van der Waals surface area contributed by atoms with Crippen LogP contribution in [0.25, 0.3) is 6.08 Å². The number of halogens is 2. The molecule has 0 saturated carbocycles. The van der Waals surface area contributed by atoms with Gasteiger partial charge in [-0.25, -0.2) is 4.39 Å². The highest BCUT2D eigenvalue weighted by molar-refractivity contribution is 9.10. The first-order valence-electron chi connectivity index (χ1n) is 3.31. The fraction of sp³-hybridized carbons (Fsp3) is 0. The van der Waals surface area contributed by atoms with Crippen molar-refractivity contribution in [3.05, 3.63) is 40.1 Å². The number of carbonyl (C=O) groups is 1. The van der Waals surface area contributed by atoms with Crippen molar-refractivity contribution < 1.29 is 9.18 Å². The normalized spacial score (nSPS) is 10.5. The maximum absolute atomic E-state index is 12.5. The lowest BCUT2D eigenvalue weighted by Gasteiger charge is -1.96. The molecule has 0 aliphatic heterocycles. The third-order valence-electron chi connectivity index (χ3n) is 1.32. The fourth-order valence-corrected chi connectivity index (χ4v) is 1.26. The molecule has 0 fully saturated rings. The van der Waals surface area contributed by atoms with Crippen LogP contribution in [0.1, 0.15) is 5.56 Å². The number of benzene rings is 1. The van der Waals surface area contributed by atoms with Gasteiger partial charge in [0.1, 0.15) is 12.1 Å². The highest BCUT2D eigenvalue weighted by atomic mass is 79.9. The maximum Gasteiger partial charge on any atom is 0.142 e. The van der Waals surface area contributed by atoms with E-state index in [1.807, 2.05) is 0 Å². The van der Waals surface area contributed by atoms with E-state index in [0.29, 0.717) is 10.8 Å². The zero-order valence-corrected chi connectivity index (χ0v) is 7.71. The predicted molar refractivity (Wildman–Crippen MR) is 49.2 cm³/mol. The number of aldehydes is 1. The molecule has 0 aliphatic rings. The Balaban J connectivity index is 3.01. The average molecular weight is 229 g/mol. The van der Waals surface area contributed by atoms with Gasteiger partial charge in [0.2, 0.25) is 0 Å². The monoisotopic (exact) mass is 228 g/mol. The van der Waals surface area contributed by atoms with E-state index in [9.17, 15) is 9.18 Å². The molecule has 0 heterocycles. The molecule has 12 heavy (non-hydrogen) atoms. The highest BCUT2D eigenvalue weighted by Gasteiger charge is 1.96. The predicted octanol–water partition coefficient (Wildman–Crippen LogP) is 2.80. The minimum atomic E-state index is -0.301. The van der Waals surface area contributed by atoms with Crippen LogP contribution in [-0.4, -0.2) is 6.29 Å². The van der Waals surface area contributed by atoms with Crippen LogP contribution in [0.2, 0.25) is 0 Å². The number of hydrogen-bond acceptors (Lipinski definition) is 1. The van der Waals surface area contributed by atoms with Gasteiger partial charge in [-0.15, -0.1) is 0 Å².